The minimum atomic E-state index is 0.309. The zero-order valence-corrected chi connectivity index (χ0v) is 15.4. The molecule has 0 bridgehead atoms. The topological polar surface area (TPSA) is 36.5 Å². The number of nitrogens with one attached hydrogen (secondary N) is 2. The van der Waals surface area contributed by atoms with Gasteiger partial charge in [-0.2, -0.15) is 0 Å². The summed E-state index contributed by atoms with van der Waals surface area (Å²) in [5.41, 5.74) is 2.29. The van der Waals surface area contributed by atoms with E-state index in [1.165, 1.54) is 18.4 Å². The summed E-state index contributed by atoms with van der Waals surface area (Å²) in [6.45, 7) is 3.06. The van der Waals surface area contributed by atoms with Crippen molar-refractivity contribution in [3.8, 4) is 5.75 Å². The van der Waals surface area contributed by atoms with Crippen LogP contribution in [0.2, 0.25) is 0 Å². The Morgan fingerprint density at radius 1 is 1.08 bits per heavy atom. The number of hydrogen-bond acceptors (Lipinski definition) is 3. The number of anilines is 1. The van der Waals surface area contributed by atoms with Gasteiger partial charge in [0, 0.05) is 12.2 Å². The minimum absolute atomic E-state index is 0.309. The summed E-state index contributed by atoms with van der Waals surface area (Å²) in [4.78, 5) is 2.53. The smallest absolute Gasteiger partial charge is 0.170 e. The molecule has 1 aliphatic heterocycles. The van der Waals surface area contributed by atoms with Gasteiger partial charge in [-0.25, -0.2) is 0 Å². The minimum Gasteiger partial charge on any atom is -0.497 e. The Morgan fingerprint density at radius 3 is 2.40 bits per heavy atom. The van der Waals surface area contributed by atoms with Crippen LogP contribution in [0.15, 0.2) is 54.6 Å². The molecule has 4 nitrogen and oxygen atoms in total. The predicted octanol–water partition coefficient (Wildman–Crippen LogP) is 3.82. The molecule has 1 aliphatic rings. The van der Waals surface area contributed by atoms with E-state index in [1.807, 2.05) is 42.5 Å². The molecule has 1 atom stereocenters. The Hall–Kier alpha value is -2.11. The van der Waals surface area contributed by atoms with Crippen molar-refractivity contribution in [3.05, 3.63) is 60.2 Å². The predicted molar refractivity (Wildman–Crippen MR) is 107 cm³/mol. The molecule has 0 aromatic heterocycles. The van der Waals surface area contributed by atoms with Gasteiger partial charge in [0.1, 0.15) is 5.75 Å². The monoisotopic (exact) mass is 355 g/mol. The molecule has 0 saturated carbocycles. The average Bonchev–Trinajstić information content (AvgIpc) is 3.18. The van der Waals surface area contributed by atoms with Crippen LogP contribution in [0.1, 0.15) is 24.4 Å². The van der Waals surface area contributed by atoms with Crippen LogP contribution in [0, 0.1) is 0 Å². The van der Waals surface area contributed by atoms with E-state index in [0.29, 0.717) is 11.2 Å². The molecule has 132 valence electrons. The van der Waals surface area contributed by atoms with Gasteiger partial charge in [-0.15, -0.1) is 0 Å². The summed E-state index contributed by atoms with van der Waals surface area (Å²) >= 11 is 5.46. The van der Waals surface area contributed by atoms with Gasteiger partial charge in [0.15, 0.2) is 5.11 Å². The highest BCUT2D eigenvalue weighted by molar-refractivity contribution is 7.80. The molecule has 0 spiro atoms. The molecule has 3 rings (SSSR count). The number of rotatable bonds is 6. The van der Waals surface area contributed by atoms with E-state index in [9.17, 15) is 0 Å². The molecule has 1 heterocycles. The Labute approximate surface area is 155 Å². The number of thiocarbonyl (C=S) groups is 1. The van der Waals surface area contributed by atoms with Crippen molar-refractivity contribution < 1.29 is 4.74 Å². The van der Waals surface area contributed by atoms with E-state index in [2.05, 4.69) is 27.7 Å². The maximum Gasteiger partial charge on any atom is 0.170 e. The highest BCUT2D eigenvalue weighted by Gasteiger charge is 2.23. The zero-order chi connectivity index (χ0) is 17.5. The molecule has 25 heavy (non-hydrogen) atoms. The third kappa shape index (κ3) is 4.94. The molecule has 2 aromatic carbocycles. The van der Waals surface area contributed by atoms with Crippen LogP contribution >= 0.6 is 12.2 Å². The van der Waals surface area contributed by atoms with Crippen LogP contribution in [0.5, 0.6) is 5.75 Å². The Balaban J connectivity index is 1.64. The lowest BCUT2D eigenvalue weighted by Gasteiger charge is -2.29. The summed E-state index contributed by atoms with van der Waals surface area (Å²) in [5.74, 6) is 0.887. The van der Waals surface area contributed by atoms with E-state index in [0.717, 1.165) is 31.1 Å². The summed E-state index contributed by atoms with van der Waals surface area (Å²) in [7, 11) is 1.70. The molecule has 0 aliphatic carbocycles. The number of ether oxygens (including phenoxy) is 1. The van der Waals surface area contributed by atoms with Crippen LogP contribution in [0.3, 0.4) is 0 Å². The largest absolute Gasteiger partial charge is 0.497 e. The number of hydrogen-bond donors (Lipinski definition) is 2. The van der Waals surface area contributed by atoms with E-state index in [1.54, 1.807) is 7.11 Å². The standard InChI is InChI=1S/C20H25N3OS/c1-24-18-11-9-16(10-12-18)19(23-13-5-6-14-23)15-21-20(25)22-17-7-3-2-4-8-17/h2-4,7-12,19H,5-6,13-15H2,1H3,(H2,21,22,25). The normalized spacial score (nSPS) is 15.6. The van der Waals surface area contributed by atoms with Gasteiger partial charge in [0.2, 0.25) is 0 Å². The highest BCUT2D eigenvalue weighted by atomic mass is 32.1. The summed E-state index contributed by atoms with van der Waals surface area (Å²) in [6, 6.07) is 18.7. The van der Waals surface area contributed by atoms with Gasteiger partial charge in [-0.05, 0) is 68.0 Å². The Kier molecular flexibility index (Phi) is 6.25. The second-order valence-electron chi connectivity index (χ2n) is 6.23. The number of methoxy groups -OCH3 is 1. The van der Waals surface area contributed by atoms with Crippen molar-refractivity contribution in [2.75, 3.05) is 32.1 Å². The first-order valence-corrected chi connectivity index (χ1v) is 9.15. The van der Waals surface area contributed by atoms with Crippen molar-refractivity contribution in [1.82, 2.24) is 10.2 Å². The van der Waals surface area contributed by atoms with Gasteiger partial charge in [0.05, 0.1) is 13.2 Å². The quantitative estimate of drug-likeness (QED) is 0.771. The fourth-order valence-corrected chi connectivity index (χ4v) is 3.42. The molecule has 2 aromatic rings. The van der Waals surface area contributed by atoms with Crippen molar-refractivity contribution in [2.45, 2.75) is 18.9 Å². The number of para-hydroxylation sites is 1. The second-order valence-corrected chi connectivity index (χ2v) is 6.64. The molecule has 1 fully saturated rings. The van der Waals surface area contributed by atoms with E-state index < -0.39 is 0 Å². The van der Waals surface area contributed by atoms with Gasteiger partial charge >= 0.3 is 0 Å². The Morgan fingerprint density at radius 2 is 1.76 bits per heavy atom. The lowest BCUT2D eigenvalue weighted by molar-refractivity contribution is 0.246. The summed E-state index contributed by atoms with van der Waals surface area (Å²) in [5, 5.41) is 7.28. The maximum atomic E-state index is 5.46. The third-order valence-electron chi connectivity index (χ3n) is 4.57. The molecular formula is C20H25N3OS. The van der Waals surface area contributed by atoms with Crippen molar-refractivity contribution in [3.63, 3.8) is 0 Å². The first kappa shape index (κ1) is 17.7. The number of nitrogens with zero attached hydrogens (tertiary/aromatic N) is 1. The molecular weight excluding hydrogens is 330 g/mol. The Bertz CT molecular complexity index is 669. The van der Waals surface area contributed by atoms with Gasteiger partial charge in [-0.3, -0.25) is 4.90 Å². The third-order valence-corrected chi connectivity index (χ3v) is 4.82. The van der Waals surface area contributed by atoms with E-state index in [-0.39, 0.29) is 0 Å². The lowest BCUT2D eigenvalue weighted by Crippen LogP contribution is -2.38. The lowest BCUT2D eigenvalue weighted by atomic mass is 10.1. The first-order chi connectivity index (χ1) is 12.3. The first-order valence-electron chi connectivity index (χ1n) is 8.74. The van der Waals surface area contributed by atoms with Gasteiger partial charge < -0.3 is 15.4 Å². The van der Waals surface area contributed by atoms with Gasteiger partial charge in [-0.1, -0.05) is 30.3 Å². The molecule has 5 heteroatoms. The summed E-state index contributed by atoms with van der Waals surface area (Å²) < 4.78 is 5.28. The summed E-state index contributed by atoms with van der Waals surface area (Å²) in [6.07, 6.45) is 2.53. The molecule has 0 radical (unpaired) electrons. The van der Waals surface area contributed by atoms with E-state index >= 15 is 0 Å². The molecule has 1 unspecified atom stereocenters. The average molecular weight is 356 g/mol. The molecule has 2 N–H and O–H groups in total. The zero-order valence-electron chi connectivity index (χ0n) is 14.6. The number of benzene rings is 2. The number of likely N-dealkylation sites (tertiary alicyclic amines) is 1. The SMILES string of the molecule is COc1ccc(C(CNC(=S)Nc2ccccc2)N2CCCC2)cc1. The van der Waals surface area contributed by atoms with Crippen LogP contribution in [0.4, 0.5) is 5.69 Å². The molecule has 1 saturated heterocycles. The fourth-order valence-electron chi connectivity index (χ4n) is 3.22. The molecule has 0 amide bonds. The maximum absolute atomic E-state index is 5.46. The van der Waals surface area contributed by atoms with Crippen molar-refractivity contribution in [2.24, 2.45) is 0 Å². The fraction of sp³-hybridized carbons (Fsp3) is 0.350. The van der Waals surface area contributed by atoms with E-state index in [4.69, 9.17) is 17.0 Å². The van der Waals surface area contributed by atoms with Crippen LogP contribution in [-0.2, 0) is 0 Å². The highest BCUT2D eigenvalue weighted by Crippen LogP contribution is 2.26. The van der Waals surface area contributed by atoms with Crippen molar-refractivity contribution in [1.29, 1.82) is 0 Å². The van der Waals surface area contributed by atoms with Crippen LogP contribution in [-0.4, -0.2) is 36.8 Å². The second kappa shape index (κ2) is 8.83. The van der Waals surface area contributed by atoms with Crippen LogP contribution in [0.25, 0.3) is 0 Å². The van der Waals surface area contributed by atoms with Crippen molar-refractivity contribution >= 4 is 23.0 Å². The van der Waals surface area contributed by atoms with Crippen LogP contribution < -0.4 is 15.4 Å². The van der Waals surface area contributed by atoms with Gasteiger partial charge in [0.25, 0.3) is 0 Å².